The molecule has 0 fully saturated rings. The third kappa shape index (κ3) is 4.03. The molecule has 0 aromatic rings. The zero-order valence-electron chi connectivity index (χ0n) is 6.35. The fourth-order valence-corrected chi connectivity index (χ4v) is 1.10. The summed E-state index contributed by atoms with van der Waals surface area (Å²) < 4.78 is 15.1. The van der Waals surface area contributed by atoms with Crippen LogP contribution in [0.5, 0.6) is 0 Å². The molecule has 3 atom stereocenters. The van der Waals surface area contributed by atoms with Gasteiger partial charge in [-0.2, -0.15) is 0 Å². The fourth-order valence-electron chi connectivity index (χ4n) is 0.500. The molecule has 0 radical (unpaired) electrons. The zero-order valence-corrected chi connectivity index (χ0v) is 7.25. The van der Waals surface area contributed by atoms with Gasteiger partial charge in [-0.15, -0.1) is 4.52 Å². The van der Waals surface area contributed by atoms with Gasteiger partial charge < -0.3 is 10.8 Å². The van der Waals surface area contributed by atoms with E-state index in [0.29, 0.717) is 0 Å². The number of hydrogen-bond donors (Lipinski definition) is 2. The molecular formula is C5H11NO4P+. The first-order valence-corrected chi connectivity index (χ1v) is 4.63. The van der Waals surface area contributed by atoms with Crippen LogP contribution in [0.1, 0.15) is 6.92 Å². The molecule has 0 aromatic carbocycles. The maximum Gasteiger partial charge on any atom is 0.505 e. The Morgan fingerprint density at radius 2 is 2.18 bits per heavy atom. The minimum absolute atomic E-state index is 0.721. The highest BCUT2D eigenvalue weighted by Gasteiger charge is 2.26. The lowest BCUT2D eigenvalue weighted by Crippen LogP contribution is -2.40. The van der Waals surface area contributed by atoms with Crippen LogP contribution in [0.15, 0.2) is 0 Å². The SMILES string of the molecule is CC(O[P+](C)=O)C(N)C(=O)O. The first kappa shape index (κ1) is 10.5. The lowest BCUT2D eigenvalue weighted by molar-refractivity contribution is -0.140. The van der Waals surface area contributed by atoms with Crippen LogP contribution in [-0.4, -0.2) is 29.9 Å². The zero-order chi connectivity index (χ0) is 9.02. The summed E-state index contributed by atoms with van der Waals surface area (Å²) in [7, 11) is -1.79. The Hall–Kier alpha value is -0.510. The number of aliphatic carboxylic acids is 1. The summed E-state index contributed by atoms with van der Waals surface area (Å²) in [5.41, 5.74) is 5.16. The number of carbonyl (C=O) groups is 1. The average Bonchev–Trinajstić information content (AvgIpc) is 1.84. The van der Waals surface area contributed by atoms with Crippen LogP contribution in [-0.2, 0) is 13.9 Å². The second-order valence-electron chi connectivity index (χ2n) is 2.11. The van der Waals surface area contributed by atoms with Crippen molar-refractivity contribution in [3.05, 3.63) is 0 Å². The van der Waals surface area contributed by atoms with Crippen molar-refractivity contribution < 1.29 is 19.0 Å². The summed E-state index contributed by atoms with van der Waals surface area (Å²) >= 11 is 0. The lowest BCUT2D eigenvalue weighted by atomic mass is 10.2. The van der Waals surface area contributed by atoms with Gasteiger partial charge in [-0.3, -0.25) is 4.79 Å². The van der Waals surface area contributed by atoms with Gasteiger partial charge in [0.05, 0.1) is 0 Å². The van der Waals surface area contributed by atoms with Gasteiger partial charge in [0.2, 0.25) is 0 Å². The maximum absolute atomic E-state index is 10.5. The van der Waals surface area contributed by atoms with Crippen molar-refractivity contribution in [3.8, 4) is 0 Å². The number of nitrogens with two attached hydrogens (primary N) is 1. The molecule has 0 rings (SSSR count). The predicted molar refractivity (Wildman–Crippen MR) is 39.7 cm³/mol. The molecule has 0 spiro atoms. The topological polar surface area (TPSA) is 89.6 Å². The van der Waals surface area contributed by atoms with E-state index in [4.69, 9.17) is 10.8 Å². The van der Waals surface area contributed by atoms with Crippen LogP contribution in [0, 0.1) is 0 Å². The predicted octanol–water partition coefficient (Wildman–Crippen LogP) is 0.176. The molecule has 5 nitrogen and oxygen atoms in total. The Morgan fingerprint density at radius 3 is 2.45 bits per heavy atom. The summed E-state index contributed by atoms with van der Waals surface area (Å²) in [6.07, 6.45) is -0.721. The van der Waals surface area contributed by atoms with Gasteiger partial charge >= 0.3 is 14.0 Å². The van der Waals surface area contributed by atoms with E-state index >= 15 is 0 Å². The van der Waals surface area contributed by atoms with Gasteiger partial charge in [-0.25, -0.2) is 0 Å². The summed E-state index contributed by atoms with van der Waals surface area (Å²) in [4.78, 5) is 10.2. The van der Waals surface area contributed by atoms with Crippen LogP contribution in [0.25, 0.3) is 0 Å². The highest BCUT2D eigenvalue weighted by Crippen LogP contribution is 2.19. The highest BCUT2D eigenvalue weighted by molar-refractivity contribution is 7.38. The molecule has 0 saturated carbocycles. The molecule has 0 aliphatic heterocycles. The molecule has 0 bridgehead atoms. The Morgan fingerprint density at radius 1 is 1.73 bits per heavy atom. The van der Waals surface area contributed by atoms with Crippen molar-refractivity contribution in [2.45, 2.75) is 19.1 Å². The minimum atomic E-state index is -1.79. The smallest absolute Gasteiger partial charge is 0.480 e. The second kappa shape index (κ2) is 4.38. The van der Waals surface area contributed by atoms with Gasteiger partial charge in [0.15, 0.2) is 6.66 Å². The standard InChI is InChI=1S/C5H10NO4P/c1-3(10-11(2)9)4(6)5(7)8/h3-4H,6H2,1-2H3/p+1. The largest absolute Gasteiger partial charge is 0.505 e. The van der Waals surface area contributed by atoms with E-state index in [1.54, 1.807) is 0 Å². The van der Waals surface area contributed by atoms with Crippen molar-refractivity contribution in [2.75, 3.05) is 6.66 Å². The second-order valence-corrected chi connectivity index (χ2v) is 3.20. The van der Waals surface area contributed by atoms with E-state index in [2.05, 4.69) is 4.52 Å². The molecule has 6 heteroatoms. The van der Waals surface area contributed by atoms with Gasteiger partial charge in [0, 0.05) is 0 Å². The van der Waals surface area contributed by atoms with E-state index in [9.17, 15) is 9.36 Å². The molecule has 0 amide bonds. The fraction of sp³-hybridized carbons (Fsp3) is 0.800. The van der Waals surface area contributed by atoms with E-state index < -0.39 is 26.1 Å². The number of carboxylic acids is 1. The summed E-state index contributed by atoms with van der Waals surface area (Å²) in [5, 5.41) is 8.37. The van der Waals surface area contributed by atoms with E-state index in [-0.39, 0.29) is 0 Å². The normalized spacial score (nSPS) is 17.2. The van der Waals surface area contributed by atoms with E-state index in [1.807, 2.05) is 0 Å². The summed E-state index contributed by atoms with van der Waals surface area (Å²) in [5.74, 6) is -1.16. The number of hydrogen-bond acceptors (Lipinski definition) is 4. The minimum Gasteiger partial charge on any atom is -0.480 e. The molecule has 64 valence electrons. The molecular weight excluding hydrogens is 169 g/mol. The van der Waals surface area contributed by atoms with Crippen LogP contribution in [0.2, 0.25) is 0 Å². The van der Waals surface area contributed by atoms with Gasteiger partial charge in [0.1, 0.15) is 12.1 Å². The number of rotatable bonds is 4. The van der Waals surface area contributed by atoms with E-state index in [1.165, 1.54) is 13.6 Å². The van der Waals surface area contributed by atoms with Crippen molar-refractivity contribution in [1.29, 1.82) is 0 Å². The Balaban J connectivity index is 3.92. The lowest BCUT2D eigenvalue weighted by Gasteiger charge is -2.08. The average molecular weight is 180 g/mol. The summed E-state index contributed by atoms with van der Waals surface area (Å²) in [6.45, 7) is 2.82. The quantitative estimate of drug-likeness (QED) is 0.602. The Kier molecular flexibility index (Phi) is 4.18. The molecule has 0 heterocycles. The Bertz CT molecular complexity index is 172. The van der Waals surface area contributed by atoms with Crippen LogP contribution in [0.4, 0.5) is 0 Å². The van der Waals surface area contributed by atoms with Crippen molar-refractivity contribution in [2.24, 2.45) is 5.73 Å². The van der Waals surface area contributed by atoms with Crippen molar-refractivity contribution in [1.82, 2.24) is 0 Å². The van der Waals surface area contributed by atoms with Crippen LogP contribution in [0.3, 0.4) is 0 Å². The van der Waals surface area contributed by atoms with Crippen molar-refractivity contribution in [3.63, 3.8) is 0 Å². The molecule has 0 saturated heterocycles. The Labute approximate surface area is 65.4 Å². The number of carboxylic acid groups (broad SMARTS) is 1. The first-order chi connectivity index (χ1) is 4.95. The molecule has 0 aromatic heterocycles. The molecule has 0 aliphatic carbocycles. The van der Waals surface area contributed by atoms with Gasteiger partial charge in [0.25, 0.3) is 0 Å². The molecule has 0 aliphatic rings. The first-order valence-electron chi connectivity index (χ1n) is 3.01. The third-order valence-electron chi connectivity index (χ3n) is 1.11. The monoisotopic (exact) mass is 180 g/mol. The van der Waals surface area contributed by atoms with Gasteiger partial charge in [-0.1, -0.05) is 0 Å². The van der Waals surface area contributed by atoms with Gasteiger partial charge in [-0.05, 0) is 11.5 Å². The van der Waals surface area contributed by atoms with Crippen molar-refractivity contribution >= 4 is 14.0 Å². The summed E-state index contributed by atoms with van der Waals surface area (Å²) in [6, 6.07) is -1.12. The van der Waals surface area contributed by atoms with Crippen LogP contribution < -0.4 is 5.73 Å². The molecule has 3 unspecified atom stereocenters. The van der Waals surface area contributed by atoms with Crippen LogP contribution >= 0.6 is 8.03 Å². The molecule has 3 N–H and O–H groups in total. The maximum atomic E-state index is 10.5. The molecule has 11 heavy (non-hydrogen) atoms. The highest BCUT2D eigenvalue weighted by atomic mass is 31.1. The third-order valence-corrected chi connectivity index (χ3v) is 1.74. The van der Waals surface area contributed by atoms with E-state index in [0.717, 1.165) is 0 Å².